The molecule has 4 heteroatoms. The van der Waals surface area contributed by atoms with E-state index in [2.05, 4.69) is 39.1 Å². The summed E-state index contributed by atoms with van der Waals surface area (Å²) in [6.07, 6.45) is 9.33. The van der Waals surface area contributed by atoms with Gasteiger partial charge in [-0.15, -0.1) is 11.8 Å². The molecular formula is C17H21N3S. The second-order valence-electron chi connectivity index (χ2n) is 6.11. The number of nitrogens with one attached hydrogen (secondary N) is 1. The smallest absolute Gasteiger partial charge is 0.0951 e. The molecule has 2 fully saturated rings. The first kappa shape index (κ1) is 13.4. The summed E-state index contributed by atoms with van der Waals surface area (Å²) in [4.78, 5) is 5.64. The summed E-state index contributed by atoms with van der Waals surface area (Å²) in [6.45, 7) is 1.00. The van der Waals surface area contributed by atoms with Gasteiger partial charge in [-0.2, -0.15) is 0 Å². The lowest BCUT2D eigenvalue weighted by Crippen LogP contribution is -2.14. The Hall–Kier alpha value is -1.26. The molecular weight excluding hydrogens is 278 g/mol. The molecule has 0 radical (unpaired) electrons. The summed E-state index contributed by atoms with van der Waals surface area (Å²) in [7, 11) is 0. The van der Waals surface area contributed by atoms with E-state index in [4.69, 9.17) is 0 Å². The van der Waals surface area contributed by atoms with Gasteiger partial charge in [-0.1, -0.05) is 12.1 Å². The number of benzene rings is 1. The third-order valence-electron chi connectivity index (χ3n) is 4.17. The van der Waals surface area contributed by atoms with E-state index in [-0.39, 0.29) is 0 Å². The lowest BCUT2D eigenvalue weighted by molar-refractivity contribution is 0.687. The first-order valence-electron chi connectivity index (χ1n) is 7.84. The number of imidazole rings is 1. The number of thioether (sulfide) groups is 1. The molecule has 3 nitrogen and oxygen atoms in total. The Morgan fingerprint density at radius 3 is 2.67 bits per heavy atom. The summed E-state index contributed by atoms with van der Waals surface area (Å²) in [6, 6.07) is 10.5. The summed E-state index contributed by atoms with van der Waals surface area (Å²) < 4.78 is 2.35. The summed E-state index contributed by atoms with van der Waals surface area (Å²) in [5, 5.41) is 3.56. The molecule has 2 aliphatic carbocycles. The van der Waals surface area contributed by atoms with E-state index < -0.39 is 0 Å². The average molecular weight is 299 g/mol. The zero-order valence-electron chi connectivity index (χ0n) is 12.2. The molecule has 110 valence electrons. The molecule has 0 saturated heterocycles. The van der Waals surface area contributed by atoms with Crippen LogP contribution in [-0.4, -0.2) is 15.6 Å². The molecule has 2 aliphatic rings. The van der Waals surface area contributed by atoms with Crippen LogP contribution < -0.4 is 5.32 Å². The zero-order valence-corrected chi connectivity index (χ0v) is 13.0. The summed E-state index contributed by atoms with van der Waals surface area (Å²) in [5.74, 6) is 1.01. The molecule has 1 heterocycles. The van der Waals surface area contributed by atoms with Crippen LogP contribution in [0.25, 0.3) is 0 Å². The largest absolute Gasteiger partial charge is 0.331 e. The molecule has 1 aromatic carbocycles. The molecule has 0 atom stereocenters. The van der Waals surface area contributed by atoms with Crippen molar-refractivity contribution in [3.05, 3.63) is 48.0 Å². The second-order valence-corrected chi connectivity index (χ2v) is 7.16. The van der Waals surface area contributed by atoms with Gasteiger partial charge < -0.3 is 9.88 Å². The van der Waals surface area contributed by atoms with Crippen LogP contribution >= 0.6 is 11.8 Å². The van der Waals surface area contributed by atoms with Crippen LogP contribution in [0, 0.1) is 0 Å². The standard InChI is InChI=1S/C17H21N3S/c1-7-17(8-2-13(1)9-19-14-3-4-14)21-11-16-10-18-12-20(16)15-5-6-15/h1-2,7-8,10,12,14-15,19H,3-6,9,11H2. The summed E-state index contributed by atoms with van der Waals surface area (Å²) >= 11 is 1.90. The van der Waals surface area contributed by atoms with Crippen molar-refractivity contribution in [2.75, 3.05) is 0 Å². The molecule has 2 saturated carbocycles. The fraction of sp³-hybridized carbons (Fsp3) is 0.471. The molecule has 0 unspecified atom stereocenters. The van der Waals surface area contributed by atoms with Gasteiger partial charge in [0.1, 0.15) is 0 Å². The minimum absolute atomic E-state index is 0.721. The maximum absolute atomic E-state index is 4.30. The maximum atomic E-state index is 4.30. The van der Waals surface area contributed by atoms with E-state index >= 15 is 0 Å². The third kappa shape index (κ3) is 3.50. The molecule has 2 aromatic rings. The number of rotatable bonds is 7. The van der Waals surface area contributed by atoms with Crippen LogP contribution in [0.3, 0.4) is 0 Å². The highest BCUT2D eigenvalue weighted by atomic mass is 32.2. The van der Waals surface area contributed by atoms with Gasteiger partial charge in [-0.05, 0) is 43.4 Å². The van der Waals surface area contributed by atoms with Crippen molar-refractivity contribution in [1.82, 2.24) is 14.9 Å². The van der Waals surface area contributed by atoms with Crippen molar-refractivity contribution in [3.8, 4) is 0 Å². The number of aromatic nitrogens is 2. The third-order valence-corrected chi connectivity index (χ3v) is 5.21. The van der Waals surface area contributed by atoms with Crippen molar-refractivity contribution in [1.29, 1.82) is 0 Å². The predicted octanol–water partition coefficient (Wildman–Crippen LogP) is 3.76. The van der Waals surface area contributed by atoms with Crippen molar-refractivity contribution < 1.29 is 0 Å². The van der Waals surface area contributed by atoms with E-state index in [0.29, 0.717) is 0 Å². The monoisotopic (exact) mass is 299 g/mol. The summed E-state index contributed by atoms with van der Waals surface area (Å²) in [5.41, 5.74) is 2.73. The minimum Gasteiger partial charge on any atom is -0.331 e. The molecule has 4 rings (SSSR count). The fourth-order valence-electron chi connectivity index (χ4n) is 2.54. The van der Waals surface area contributed by atoms with Gasteiger partial charge in [0, 0.05) is 41.2 Å². The van der Waals surface area contributed by atoms with Crippen LogP contribution in [0.2, 0.25) is 0 Å². The topological polar surface area (TPSA) is 29.9 Å². The molecule has 1 N–H and O–H groups in total. The number of nitrogens with zero attached hydrogens (tertiary/aromatic N) is 2. The van der Waals surface area contributed by atoms with Gasteiger partial charge in [-0.25, -0.2) is 4.98 Å². The van der Waals surface area contributed by atoms with Crippen LogP contribution in [0.5, 0.6) is 0 Å². The molecule has 0 spiro atoms. The average Bonchev–Trinajstić information content (AvgIpc) is 3.44. The van der Waals surface area contributed by atoms with Gasteiger partial charge in [-0.3, -0.25) is 0 Å². The van der Waals surface area contributed by atoms with E-state index in [1.54, 1.807) is 0 Å². The first-order chi connectivity index (χ1) is 10.4. The highest BCUT2D eigenvalue weighted by Gasteiger charge is 2.25. The van der Waals surface area contributed by atoms with Gasteiger partial charge >= 0.3 is 0 Å². The predicted molar refractivity (Wildman–Crippen MR) is 86.4 cm³/mol. The Balaban J connectivity index is 1.32. The lowest BCUT2D eigenvalue weighted by Gasteiger charge is -2.07. The maximum Gasteiger partial charge on any atom is 0.0951 e. The highest BCUT2D eigenvalue weighted by Crippen LogP contribution is 2.36. The fourth-order valence-corrected chi connectivity index (χ4v) is 3.40. The molecule has 1 aromatic heterocycles. The van der Waals surface area contributed by atoms with E-state index in [1.165, 1.54) is 41.8 Å². The Bertz CT molecular complexity index is 597. The highest BCUT2D eigenvalue weighted by molar-refractivity contribution is 7.98. The Morgan fingerprint density at radius 1 is 1.14 bits per heavy atom. The van der Waals surface area contributed by atoms with E-state index in [9.17, 15) is 0 Å². The van der Waals surface area contributed by atoms with Crippen molar-refractivity contribution in [3.63, 3.8) is 0 Å². The second kappa shape index (κ2) is 5.85. The first-order valence-corrected chi connectivity index (χ1v) is 8.83. The quantitative estimate of drug-likeness (QED) is 0.789. The Labute approximate surface area is 130 Å². The zero-order chi connectivity index (χ0) is 14.1. The van der Waals surface area contributed by atoms with Gasteiger partial charge in [0.2, 0.25) is 0 Å². The van der Waals surface area contributed by atoms with Crippen molar-refractivity contribution in [2.24, 2.45) is 0 Å². The minimum atomic E-state index is 0.721. The van der Waals surface area contributed by atoms with E-state index in [0.717, 1.165) is 24.4 Å². The number of hydrogen-bond donors (Lipinski definition) is 1. The molecule has 0 bridgehead atoms. The molecule has 0 amide bonds. The van der Waals surface area contributed by atoms with Crippen LogP contribution in [-0.2, 0) is 12.3 Å². The van der Waals surface area contributed by atoms with Crippen LogP contribution in [0.15, 0.2) is 41.7 Å². The van der Waals surface area contributed by atoms with Gasteiger partial charge in [0.15, 0.2) is 0 Å². The number of hydrogen-bond acceptors (Lipinski definition) is 3. The molecule has 21 heavy (non-hydrogen) atoms. The van der Waals surface area contributed by atoms with Gasteiger partial charge in [0.25, 0.3) is 0 Å². The Morgan fingerprint density at radius 2 is 1.95 bits per heavy atom. The van der Waals surface area contributed by atoms with Crippen LogP contribution in [0.4, 0.5) is 0 Å². The Kier molecular flexibility index (Phi) is 3.74. The van der Waals surface area contributed by atoms with Crippen LogP contribution in [0.1, 0.15) is 43.0 Å². The van der Waals surface area contributed by atoms with Crippen molar-refractivity contribution in [2.45, 2.75) is 55.0 Å². The molecule has 0 aliphatic heterocycles. The van der Waals surface area contributed by atoms with Gasteiger partial charge in [0.05, 0.1) is 6.33 Å². The normalized spacial score (nSPS) is 18.1. The van der Waals surface area contributed by atoms with Crippen molar-refractivity contribution >= 4 is 11.8 Å². The SMILES string of the molecule is c1cc(SCc2cncn2C2CC2)ccc1CNC1CC1. The lowest BCUT2D eigenvalue weighted by atomic mass is 10.2. The van der Waals surface area contributed by atoms with E-state index in [1.807, 2.05) is 24.3 Å².